The summed E-state index contributed by atoms with van der Waals surface area (Å²) >= 11 is 7.44. The first-order valence-corrected chi connectivity index (χ1v) is 9.82. The monoisotopic (exact) mass is 405 g/mol. The van der Waals surface area contributed by atoms with Gasteiger partial charge in [0.2, 0.25) is 0 Å². The van der Waals surface area contributed by atoms with Gasteiger partial charge < -0.3 is 10.1 Å². The molecule has 2 aromatic carbocycles. The molecule has 0 fully saturated rings. The summed E-state index contributed by atoms with van der Waals surface area (Å²) < 4.78 is 5.16. The summed E-state index contributed by atoms with van der Waals surface area (Å²) in [5.74, 6) is -0.255. The maximum atomic E-state index is 12.1. The van der Waals surface area contributed by atoms with Crippen molar-refractivity contribution in [3.05, 3.63) is 64.7 Å². The van der Waals surface area contributed by atoms with Crippen molar-refractivity contribution in [3.8, 4) is 0 Å². The van der Waals surface area contributed by atoms with E-state index in [1.807, 2.05) is 18.2 Å². The van der Waals surface area contributed by atoms with E-state index in [4.69, 9.17) is 16.3 Å². The van der Waals surface area contributed by atoms with Crippen LogP contribution in [0.5, 0.6) is 0 Å². The molecule has 0 spiro atoms. The molecule has 7 heteroatoms. The number of hydrogen-bond donors (Lipinski definition) is 1. The number of amides is 1. The highest BCUT2D eigenvalue weighted by molar-refractivity contribution is 7.99. The summed E-state index contributed by atoms with van der Waals surface area (Å²) in [5, 5.41) is 3.31. The Morgan fingerprint density at radius 2 is 1.78 bits per heavy atom. The summed E-state index contributed by atoms with van der Waals surface area (Å²) in [6.45, 7) is 2.98. The summed E-state index contributed by atoms with van der Waals surface area (Å²) in [5.41, 5.74) is 2.03. The molecule has 0 aromatic heterocycles. The molecule has 0 aliphatic carbocycles. The Bertz CT molecular complexity index is 823. The van der Waals surface area contributed by atoms with Crippen molar-refractivity contribution >= 4 is 46.7 Å². The first-order valence-electron chi connectivity index (χ1n) is 8.29. The van der Waals surface area contributed by atoms with E-state index in [9.17, 15) is 14.4 Å². The Morgan fingerprint density at radius 1 is 1.11 bits per heavy atom. The molecule has 1 N–H and O–H groups in total. The number of anilines is 1. The highest BCUT2D eigenvalue weighted by Gasteiger charge is 2.18. The second-order valence-corrected chi connectivity index (χ2v) is 7.23. The standard InChI is InChI=1S/C20H20ClNO4S/c1-13(23)15-7-9-17(10-8-15)22-20(25)14(2)26-19(24)12-27-11-16-5-3-4-6-18(16)21/h3-10,14H,11-12H2,1-2H3,(H,22,25)/t14-/m1/s1. The van der Waals surface area contributed by atoms with Gasteiger partial charge in [0.15, 0.2) is 11.9 Å². The van der Waals surface area contributed by atoms with Crippen molar-refractivity contribution in [3.63, 3.8) is 0 Å². The van der Waals surface area contributed by atoms with E-state index in [-0.39, 0.29) is 11.5 Å². The van der Waals surface area contributed by atoms with Crippen LogP contribution >= 0.6 is 23.4 Å². The molecule has 1 atom stereocenters. The van der Waals surface area contributed by atoms with Crippen LogP contribution in [0.2, 0.25) is 5.02 Å². The number of halogens is 1. The number of benzene rings is 2. The fourth-order valence-electron chi connectivity index (χ4n) is 2.18. The third kappa shape index (κ3) is 6.73. The smallest absolute Gasteiger partial charge is 0.316 e. The van der Waals surface area contributed by atoms with Gasteiger partial charge in [-0.1, -0.05) is 29.8 Å². The molecule has 0 bridgehead atoms. The van der Waals surface area contributed by atoms with Gasteiger partial charge in [-0.05, 0) is 49.7 Å². The number of thioether (sulfide) groups is 1. The lowest BCUT2D eigenvalue weighted by Gasteiger charge is -2.13. The molecule has 1 amide bonds. The lowest BCUT2D eigenvalue weighted by Crippen LogP contribution is -2.30. The summed E-state index contributed by atoms with van der Waals surface area (Å²) in [4.78, 5) is 35.3. The maximum absolute atomic E-state index is 12.1. The fourth-order valence-corrected chi connectivity index (χ4v) is 3.27. The molecule has 2 aromatic rings. The molecule has 0 unspecified atom stereocenters. The minimum Gasteiger partial charge on any atom is -0.452 e. The zero-order chi connectivity index (χ0) is 19.8. The SMILES string of the molecule is CC(=O)c1ccc(NC(=O)[C@@H](C)OC(=O)CSCc2ccccc2Cl)cc1. The van der Waals surface area contributed by atoms with Gasteiger partial charge in [-0.15, -0.1) is 11.8 Å². The Hall–Kier alpha value is -2.31. The fraction of sp³-hybridized carbons (Fsp3) is 0.250. The number of esters is 1. The molecule has 0 heterocycles. The number of rotatable bonds is 8. The Kier molecular flexibility index (Phi) is 7.88. The molecule has 2 rings (SSSR count). The Balaban J connectivity index is 1.77. The molecule has 0 aliphatic rings. The van der Waals surface area contributed by atoms with Gasteiger partial charge in [-0.2, -0.15) is 0 Å². The number of nitrogens with one attached hydrogen (secondary N) is 1. The number of hydrogen-bond acceptors (Lipinski definition) is 5. The van der Waals surface area contributed by atoms with Crippen LogP contribution in [0.15, 0.2) is 48.5 Å². The van der Waals surface area contributed by atoms with E-state index in [1.54, 1.807) is 30.3 Å². The number of carbonyl (C=O) groups is 3. The minimum atomic E-state index is -0.925. The lowest BCUT2D eigenvalue weighted by molar-refractivity contribution is -0.150. The molecule has 142 valence electrons. The van der Waals surface area contributed by atoms with E-state index >= 15 is 0 Å². The van der Waals surface area contributed by atoms with Crippen LogP contribution in [-0.2, 0) is 20.1 Å². The molecule has 5 nitrogen and oxygen atoms in total. The van der Waals surface area contributed by atoms with Crippen LogP contribution in [0.3, 0.4) is 0 Å². The van der Waals surface area contributed by atoms with Crippen molar-refractivity contribution in [1.82, 2.24) is 0 Å². The van der Waals surface area contributed by atoms with Gasteiger partial charge in [0.1, 0.15) is 0 Å². The lowest BCUT2D eigenvalue weighted by atomic mass is 10.1. The molecule has 27 heavy (non-hydrogen) atoms. The van der Waals surface area contributed by atoms with Crippen LogP contribution in [0.4, 0.5) is 5.69 Å². The Labute approximate surface area is 167 Å². The van der Waals surface area contributed by atoms with E-state index in [1.165, 1.54) is 25.6 Å². The van der Waals surface area contributed by atoms with Crippen LogP contribution in [0.1, 0.15) is 29.8 Å². The molecule has 0 aliphatic heterocycles. The number of ether oxygens (including phenoxy) is 1. The molecular weight excluding hydrogens is 386 g/mol. The van der Waals surface area contributed by atoms with Gasteiger partial charge >= 0.3 is 5.97 Å². The van der Waals surface area contributed by atoms with E-state index < -0.39 is 18.0 Å². The quantitative estimate of drug-likeness (QED) is 0.522. The van der Waals surface area contributed by atoms with E-state index in [2.05, 4.69) is 5.32 Å². The van der Waals surface area contributed by atoms with Crippen molar-refractivity contribution in [2.75, 3.05) is 11.1 Å². The minimum absolute atomic E-state index is 0.0514. The van der Waals surface area contributed by atoms with Gasteiger partial charge in [0.25, 0.3) is 5.91 Å². The first-order chi connectivity index (χ1) is 12.9. The van der Waals surface area contributed by atoms with Crippen molar-refractivity contribution in [1.29, 1.82) is 0 Å². The van der Waals surface area contributed by atoms with E-state index in [0.29, 0.717) is 22.0 Å². The van der Waals surface area contributed by atoms with Gasteiger partial charge in [0.05, 0.1) is 5.75 Å². The predicted molar refractivity (Wildman–Crippen MR) is 108 cm³/mol. The van der Waals surface area contributed by atoms with Gasteiger partial charge in [-0.3, -0.25) is 14.4 Å². The molecule has 0 saturated carbocycles. The van der Waals surface area contributed by atoms with Gasteiger partial charge in [-0.25, -0.2) is 0 Å². The van der Waals surface area contributed by atoms with Crippen molar-refractivity contribution in [2.24, 2.45) is 0 Å². The third-order valence-corrected chi connectivity index (χ3v) is 5.00. The molecular formula is C20H20ClNO4S. The van der Waals surface area contributed by atoms with Crippen LogP contribution < -0.4 is 5.32 Å². The third-order valence-electron chi connectivity index (χ3n) is 3.67. The zero-order valence-corrected chi connectivity index (χ0v) is 16.6. The molecule has 0 radical (unpaired) electrons. The normalized spacial score (nSPS) is 11.5. The van der Waals surface area contributed by atoms with Gasteiger partial charge in [0, 0.05) is 22.0 Å². The number of carbonyl (C=O) groups excluding carboxylic acids is 3. The second-order valence-electron chi connectivity index (χ2n) is 5.84. The summed E-state index contributed by atoms with van der Waals surface area (Å²) in [7, 11) is 0. The van der Waals surface area contributed by atoms with E-state index in [0.717, 1.165) is 5.56 Å². The predicted octanol–water partition coefficient (Wildman–Crippen LogP) is 4.35. The second kappa shape index (κ2) is 10.1. The highest BCUT2D eigenvalue weighted by atomic mass is 35.5. The highest BCUT2D eigenvalue weighted by Crippen LogP contribution is 2.21. The largest absolute Gasteiger partial charge is 0.452 e. The first kappa shape index (κ1) is 21.0. The van der Waals surface area contributed by atoms with Crippen LogP contribution in [0.25, 0.3) is 0 Å². The topological polar surface area (TPSA) is 72.5 Å². The number of Topliss-reactive ketones (excluding diaryl/α,β-unsaturated/α-hetero) is 1. The van der Waals surface area contributed by atoms with Crippen LogP contribution in [-0.4, -0.2) is 29.5 Å². The van der Waals surface area contributed by atoms with Crippen molar-refractivity contribution in [2.45, 2.75) is 25.7 Å². The summed E-state index contributed by atoms with van der Waals surface area (Å²) in [6.07, 6.45) is -0.925. The summed E-state index contributed by atoms with van der Waals surface area (Å²) in [6, 6.07) is 13.9. The number of ketones is 1. The van der Waals surface area contributed by atoms with Crippen molar-refractivity contribution < 1.29 is 19.1 Å². The Morgan fingerprint density at radius 3 is 2.41 bits per heavy atom. The molecule has 0 saturated heterocycles. The average Bonchev–Trinajstić information content (AvgIpc) is 2.63. The average molecular weight is 406 g/mol. The maximum Gasteiger partial charge on any atom is 0.316 e. The zero-order valence-electron chi connectivity index (χ0n) is 15.0. The van der Waals surface area contributed by atoms with Crippen LogP contribution in [0, 0.1) is 0 Å².